The quantitative estimate of drug-likeness (QED) is 0.546. The second-order valence-corrected chi connectivity index (χ2v) is 5.23. The molecule has 2 aromatic heterocycles. The van der Waals surface area contributed by atoms with Crippen molar-refractivity contribution in [3.05, 3.63) is 53.5 Å². The largest absolute Gasteiger partial charge is 0.364 e. The van der Waals surface area contributed by atoms with E-state index in [0.29, 0.717) is 11.3 Å². The zero-order valence-corrected chi connectivity index (χ0v) is 12.1. The van der Waals surface area contributed by atoms with E-state index in [1.165, 1.54) is 6.26 Å². The fraction of sp³-hybridized carbons (Fsp3) is 0.294. The molecule has 0 spiro atoms. The Balaban J connectivity index is 1.86. The van der Waals surface area contributed by atoms with Crippen molar-refractivity contribution in [2.75, 3.05) is 0 Å². The number of ketones is 1. The van der Waals surface area contributed by atoms with Gasteiger partial charge >= 0.3 is 0 Å². The molecule has 108 valence electrons. The Labute approximate surface area is 123 Å². The smallest absolute Gasteiger partial charge is 0.214 e. The number of para-hydroxylation sites is 1. The lowest BCUT2D eigenvalue weighted by atomic mass is 10.0. The van der Waals surface area contributed by atoms with Gasteiger partial charge in [-0.3, -0.25) is 4.79 Å². The van der Waals surface area contributed by atoms with E-state index in [-0.39, 0.29) is 5.78 Å². The molecule has 0 unspecified atom stereocenters. The first-order valence-corrected chi connectivity index (χ1v) is 7.35. The number of unbranched alkanes of at least 4 members (excludes halogenated alkanes) is 2. The average molecular weight is 282 g/mol. The number of benzene rings is 1. The zero-order chi connectivity index (χ0) is 14.7. The summed E-state index contributed by atoms with van der Waals surface area (Å²) >= 11 is 0. The maximum atomic E-state index is 12.6. The minimum Gasteiger partial charge on any atom is -0.364 e. The highest BCUT2D eigenvalue weighted by Gasteiger charge is 2.19. The van der Waals surface area contributed by atoms with Gasteiger partial charge < -0.3 is 9.51 Å². The molecule has 3 rings (SSSR count). The summed E-state index contributed by atoms with van der Waals surface area (Å²) in [5.74, 6) is -0.0565. The Bertz CT molecular complexity index is 722. The van der Waals surface area contributed by atoms with E-state index in [1.54, 1.807) is 0 Å². The molecule has 21 heavy (non-hydrogen) atoms. The molecule has 1 N–H and O–H groups in total. The highest BCUT2D eigenvalue weighted by Crippen LogP contribution is 2.20. The Morgan fingerprint density at radius 1 is 1.29 bits per heavy atom. The summed E-state index contributed by atoms with van der Waals surface area (Å²) in [6, 6.07) is 9.73. The maximum Gasteiger partial charge on any atom is 0.214 e. The van der Waals surface area contributed by atoms with Crippen LogP contribution in [0.4, 0.5) is 0 Å². The van der Waals surface area contributed by atoms with E-state index in [4.69, 9.17) is 4.52 Å². The van der Waals surface area contributed by atoms with Gasteiger partial charge in [-0.05, 0) is 25.0 Å². The summed E-state index contributed by atoms with van der Waals surface area (Å²) in [6.07, 6.45) is 5.53. The zero-order valence-electron chi connectivity index (χ0n) is 12.1. The third-order valence-electron chi connectivity index (χ3n) is 3.68. The molecule has 3 aromatic rings. The van der Waals surface area contributed by atoms with E-state index >= 15 is 0 Å². The van der Waals surface area contributed by atoms with Crippen molar-refractivity contribution in [3.63, 3.8) is 0 Å². The average Bonchev–Trinajstić information content (AvgIpc) is 3.13. The lowest BCUT2D eigenvalue weighted by Gasteiger charge is -1.99. The van der Waals surface area contributed by atoms with Crippen LogP contribution in [0.2, 0.25) is 0 Å². The molecule has 0 saturated heterocycles. The number of H-pyrrole nitrogens is 1. The number of hydrogen-bond acceptors (Lipinski definition) is 3. The summed E-state index contributed by atoms with van der Waals surface area (Å²) in [4.78, 5) is 15.8. The summed E-state index contributed by atoms with van der Waals surface area (Å²) < 4.78 is 5.01. The van der Waals surface area contributed by atoms with E-state index < -0.39 is 0 Å². The van der Waals surface area contributed by atoms with Gasteiger partial charge in [0.1, 0.15) is 6.26 Å². The minimum atomic E-state index is -0.0565. The standard InChI is InChI=1S/C17H18N2O2/c1-2-3-4-9-15-13(11-21-19-15)17(20)16-10-12-7-5-6-8-14(12)18-16/h5-8,10-11,18H,2-4,9H2,1H3. The van der Waals surface area contributed by atoms with Crippen LogP contribution in [0.1, 0.15) is 47.9 Å². The number of rotatable bonds is 6. The van der Waals surface area contributed by atoms with Crippen LogP contribution < -0.4 is 0 Å². The molecular formula is C17H18N2O2. The van der Waals surface area contributed by atoms with Crippen molar-refractivity contribution in [1.29, 1.82) is 0 Å². The molecule has 0 bridgehead atoms. The number of fused-ring (bicyclic) bond motifs is 1. The molecule has 2 heterocycles. The van der Waals surface area contributed by atoms with Gasteiger partial charge in [-0.2, -0.15) is 0 Å². The lowest BCUT2D eigenvalue weighted by molar-refractivity contribution is 0.103. The summed E-state index contributed by atoms with van der Waals surface area (Å²) in [7, 11) is 0. The number of carbonyl (C=O) groups is 1. The van der Waals surface area contributed by atoms with Crippen LogP contribution in [-0.2, 0) is 6.42 Å². The first-order chi connectivity index (χ1) is 10.3. The van der Waals surface area contributed by atoms with Gasteiger partial charge in [0.05, 0.1) is 17.0 Å². The molecule has 1 aromatic carbocycles. The van der Waals surface area contributed by atoms with Crippen molar-refractivity contribution in [2.45, 2.75) is 32.6 Å². The fourth-order valence-electron chi connectivity index (χ4n) is 2.51. The fourth-order valence-corrected chi connectivity index (χ4v) is 2.51. The molecule has 0 fully saturated rings. The molecule has 4 heteroatoms. The monoisotopic (exact) mass is 282 g/mol. The van der Waals surface area contributed by atoms with Crippen LogP contribution in [0.15, 0.2) is 41.1 Å². The predicted octanol–water partition coefficient (Wildman–Crippen LogP) is 4.12. The van der Waals surface area contributed by atoms with Crippen molar-refractivity contribution < 1.29 is 9.32 Å². The highest BCUT2D eigenvalue weighted by atomic mass is 16.5. The summed E-state index contributed by atoms with van der Waals surface area (Å²) in [5, 5.41) is 5.01. The number of aromatic nitrogens is 2. The molecule has 0 atom stereocenters. The maximum absolute atomic E-state index is 12.6. The number of aryl methyl sites for hydroxylation is 1. The second kappa shape index (κ2) is 5.95. The molecule has 0 aliphatic rings. The van der Waals surface area contributed by atoms with Crippen LogP contribution in [-0.4, -0.2) is 15.9 Å². The van der Waals surface area contributed by atoms with E-state index in [0.717, 1.165) is 42.3 Å². The van der Waals surface area contributed by atoms with Crippen LogP contribution in [0, 0.1) is 0 Å². The third kappa shape index (κ3) is 2.75. The van der Waals surface area contributed by atoms with Gasteiger partial charge in [-0.1, -0.05) is 43.1 Å². The van der Waals surface area contributed by atoms with E-state index in [1.807, 2.05) is 30.3 Å². The predicted molar refractivity (Wildman–Crippen MR) is 81.5 cm³/mol. The van der Waals surface area contributed by atoms with E-state index in [9.17, 15) is 4.79 Å². The first kappa shape index (κ1) is 13.6. The van der Waals surface area contributed by atoms with Crippen molar-refractivity contribution in [3.8, 4) is 0 Å². The van der Waals surface area contributed by atoms with Crippen molar-refractivity contribution in [2.24, 2.45) is 0 Å². The molecule has 0 aliphatic heterocycles. The minimum absolute atomic E-state index is 0.0565. The molecular weight excluding hydrogens is 264 g/mol. The third-order valence-corrected chi connectivity index (χ3v) is 3.68. The Hall–Kier alpha value is -2.36. The van der Waals surface area contributed by atoms with E-state index in [2.05, 4.69) is 17.1 Å². The Kier molecular flexibility index (Phi) is 3.86. The Morgan fingerprint density at radius 3 is 2.95 bits per heavy atom. The number of nitrogens with zero attached hydrogens (tertiary/aromatic N) is 1. The van der Waals surface area contributed by atoms with Gasteiger partial charge in [-0.25, -0.2) is 0 Å². The van der Waals surface area contributed by atoms with Gasteiger partial charge in [0.2, 0.25) is 5.78 Å². The summed E-state index contributed by atoms with van der Waals surface area (Å²) in [5.41, 5.74) is 2.87. The molecule has 0 amide bonds. The first-order valence-electron chi connectivity index (χ1n) is 7.35. The Morgan fingerprint density at radius 2 is 2.14 bits per heavy atom. The second-order valence-electron chi connectivity index (χ2n) is 5.23. The van der Waals surface area contributed by atoms with Crippen molar-refractivity contribution in [1.82, 2.24) is 10.1 Å². The van der Waals surface area contributed by atoms with Crippen LogP contribution >= 0.6 is 0 Å². The molecule has 0 aliphatic carbocycles. The number of carbonyl (C=O) groups excluding carboxylic acids is 1. The molecule has 4 nitrogen and oxygen atoms in total. The van der Waals surface area contributed by atoms with Crippen LogP contribution in [0.5, 0.6) is 0 Å². The topological polar surface area (TPSA) is 58.9 Å². The van der Waals surface area contributed by atoms with Crippen LogP contribution in [0.3, 0.4) is 0 Å². The van der Waals surface area contributed by atoms with Gasteiger partial charge in [0.15, 0.2) is 0 Å². The normalized spacial score (nSPS) is 11.1. The van der Waals surface area contributed by atoms with Crippen LogP contribution in [0.25, 0.3) is 10.9 Å². The number of aromatic amines is 1. The lowest BCUT2D eigenvalue weighted by Crippen LogP contribution is -2.04. The molecule has 0 radical (unpaired) electrons. The highest BCUT2D eigenvalue weighted by molar-refractivity contribution is 6.10. The SMILES string of the molecule is CCCCCc1nocc1C(=O)c1cc2ccccc2[nH]1. The van der Waals surface area contributed by atoms with Crippen molar-refractivity contribution >= 4 is 16.7 Å². The van der Waals surface area contributed by atoms with Gasteiger partial charge in [0, 0.05) is 10.9 Å². The van der Waals surface area contributed by atoms with Gasteiger partial charge in [-0.15, -0.1) is 0 Å². The summed E-state index contributed by atoms with van der Waals surface area (Å²) in [6.45, 7) is 2.15. The van der Waals surface area contributed by atoms with Gasteiger partial charge in [0.25, 0.3) is 0 Å². The number of nitrogens with one attached hydrogen (secondary N) is 1. The molecule has 0 saturated carbocycles. The number of hydrogen-bond donors (Lipinski definition) is 1.